The average Bonchev–Trinajstić information content (AvgIpc) is 2.85. The molecule has 0 aliphatic carbocycles. The first-order valence-electron chi connectivity index (χ1n) is 11.1. The summed E-state index contributed by atoms with van der Waals surface area (Å²) >= 11 is 18.6. The molecule has 36 heavy (non-hydrogen) atoms. The van der Waals surface area contributed by atoms with Gasteiger partial charge in [0.2, 0.25) is 3.79 Å². The number of hydrogen-bond donors (Lipinski definition) is 1. The van der Waals surface area contributed by atoms with E-state index in [0.29, 0.717) is 11.5 Å². The highest BCUT2D eigenvalue weighted by molar-refractivity contribution is 6.68. The fourth-order valence-electron chi connectivity index (χ4n) is 3.20. The quantitative estimate of drug-likeness (QED) is 0.308. The number of carbonyl (C=O) groups excluding carboxylic acids is 1. The minimum atomic E-state index is -1.46. The number of nitrogens with one attached hydrogen (secondary N) is 1. The number of ether oxygens (including phenoxy) is 4. The minimum absolute atomic E-state index is 0.0411. The van der Waals surface area contributed by atoms with Crippen LogP contribution in [0.3, 0.4) is 0 Å². The Balaban J connectivity index is 0.000000269. The molecule has 1 amide bonds. The number of amides is 1. The SMILES string of the molecule is CNC(=O)Oc1ccccc1OC(C)C.COc1ccc(C(c2ccc(OC)cc2)C(Cl)(Cl)Cl)cc1. The van der Waals surface area contributed by atoms with E-state index in [1.165, 1.54) is 7.05 Å². The summed E-state index contributed by atoms with van der Waals surface area (Å²) in [6.07, 6.45) is -0.464. The Morgan fingerprint density at radius 3 is 1.58 bits per heavy atom. The predicted molar refractivity (Wildman–Crippen MR) is 145 cm³/mol. The van der Waals surface area contributed by atoms with Gasteiger partial charge in [0.05, 0.1) is 26.2 Å². The second-order valence-electron chi connectivity index (χ2n) is 7.77. The van der Waals surface area contributed by atoms with Crippen LogP contribution in [0.1, 0.15) is 30.9 Å². The van der Waals surface area contributed by atoms with Gasteiger partial charge in [-0.25, -0.2) is 4.79 Å². The van der Waals surface area contributed by atoms with E-state index in [0.717, 1.165) is 22.6 Å². The van der Waals surface area contributed by atoms with Gasteiger partial charge < -0.3 is 24.3 Å². The predicted octanol–water partition coefficient (Wildman–Crippen LogP) is 7.40. The monoisotopic (exact) mass is 553 g/mol. The summed E-state index contributed by atoms with van der Waals surface area (Å²) in [6.45, 7) is 3.83. The van der Waals surface area contributed by atoms with E-state index in [9.17, 15) is 4.79 Å². The number of rotatable bonds is 7. The summed E-state index contributed by atoms with van der Waals surface area (Å²) in [4.78, 5) is 11.0. The van der Waals surface area contributed by atoms with Gasteiger partial charge in [-0.15, -0.1) is 0 Å². The van der Waals surface area contributed by atoms with E-state index in [1.54, 1.807) is 32.4 Å². The lowest BCUT2D eigenvalue weighted by atomic mass is 9.92. The summed E-state index contributed by atoms with van der Waals surface area (Å²) in [5.41, 5.74) is 1.81. The molecule has 3 aromatic carbocycles. The average molecular weight is 555 g/mol. The van der Waals surface area contributed by atoms with Crippen molar-refractivity contribution in [2.75, 3.05) is 21.3 Å². The van der Waals surface area contributed by atoms with Crippen molar-refractivity contribution in [1.82, 2.24) is 5.32 Å². The summed E-state index contributed by atoms with van der Waals surface area (Å²) in [5, 5.41) is 2.38. The molecule has 0 spiro atoms. The van der Waals surface area contributed by atoms with Crippen LogP contribution in [0.2, 0.25) is 0 Å². The van der Waals surface area contributed by atoms with Gasteiger partial charge in [0.1, 0.15) is 11.5 Å². The molecule has 0 saturated carbocycles. The third-order valence-electron chi connectivity index (χ3n) is 4.84. The molecule has 3 rings (SSSR count). The van der Waals surface area contributed by atoms with Gasteiger partial charge >= 0.3 is 6.09 Å². The Hall–Kier alpha value is -2.80. The topological polar surface area (TPSA) is 66.0 Å². The van der Waals surface area contributed by atoms with Gasteiger partial charge in [0, 0.05) is 7.05 Å². The zero-order valence-electron chi connectivity index (χ0n) is 20.8. The van der Waals surface area contributed by atoms with Crippen LogP contribution in [0.4, 0.5) is 4.79 Å². The third-order valence-corrected chi connectivity index (χ3v) is 5.50. The van der Waals surface area contributed by atoms with Crippen molar-refractivity contribution >= 4 is 40.9 Å². The number of hydrogen-bond acceptors (Lipinski definition) is 5. The first-order chi connectivity index (χ1) is 17.1. The molecule has 0 radical (unpaired) electrons. The summed E-state index contributed by atoms with van der Waals surface area (Å²) < 4.78 is 19.4. The second kappa shape index (κ2) is 14.1. The van der Waals surface area contributed by atoms with Gasteiger partial charge in [0.25, 0.3) is 0 Å². The van der Waals surface area contributed by atoms with Crippen LogP contribution >= 0.6 is 34.8 Å². The molecule has 0 heterocycles. The van der Waals surface area contributed by atoms with Crippen molar-refractivity contribution in [2.45, 2.75) is 29.7 Å². The van der Waals surface area contributed by atoms with E-state index in [2.05, 4.69) is 5.32 Å². The molecule has 0 saturated heterocycles. The Bertz CT molecular complexity index is 1040. The molecule has 0 atom stereocenters. The van der Waals surface area contributed by atoms with E-state index in [1.807, 2.05) is 68.4 Å². The number of methoxy groups -OCH3 is 2. The zero-order chi connectivity index (χ0) is 26.7. The Morgan fingerprint density at radius 1 is 0.778 bits per heavy atom. The van der Waals surface area contributed by atoms with E-state index >= 15 is 0 Å². The molecule has 0 aliphatic heterocycles. The van der Waals surface area contributed by atoms with Crippen molar-refractivity contribution in [3.05, 3.63) is 83.9 Å². The largest absolute Gasteiger partial charge is 0.497 e. The van der Waals surface area contributed by atoms with Crippen molar-refractivity contribution in [3.8, 4) is 23.0 Å². The standard InChI is InChI=1S/C16H15Cl3O2.C11H15NO3/c1-20-13-7-3-11(4-8-13)15(16(17,18)19)12-5-9-14(21-2)10-6-12;1-8(2)14-9-6-4-5-7-10(9)15-11(13)12-3/h3-10,15H,1-2H3;4-8H,1-3H3,(H,12,13). The lowest BCUT2D eigenvalue weighted by molar-refractivity contribution is 0.194. The highest BCUT2D eigenvalue weighted by Gasteiger charge is 2.35. The van der Waals surface area contributed by atoms with Gasteiger partial charge in [-0.05, 0) is 61.4 Å². The van der Waals surface area contributed by atoms with Crippen molar-refractivity contribution in [1.29, 1.82) is 0 Å². The van der Waals surface area contributed by atoms with Gasteiger partial charge in [-0.1, -0.05) is 71.2 Å². The molecule has 0 bridgehead atoms. The van der Waals surface area contributed by atoms with Crippen LogP contribution in [0.25, 0.3) is 0 Å². The third kappa shape index (κ3) is 9.01. The Labute approximate surface area is 227 Å². The smallest absolute Gasteiger partial charge is 0.412 e. The van der Waals surface area contributed by atoms with Crippen molar-refractivity contribution < 1.29 is 23.7 Å². The number of carbonyl (C=O) groups is 1. The van der Waals surface area contributed by atoms with Gasteiger partial charge in [-0.2, -0.15) is 0 Å². The van der Waals surface area contributed by atoms with Crippen LogP contribution < -0.4 is 24.3 Å². The molecule has 0 aliphatic rings. The molecule has 9 heteroatoms. The lowest BCUT2D eigenvalue weighted by Crippen LogP contribution is -2.22. The molecule has 0 unspecified atom stereocenters. The van der Waals surface area contributed by atoms with Crippen molar-refractivity contribution in [3.63, 3.8) is 0 Å². The minimum Gasteiger partial charge on any atom is -0.497 e. The van der Waals surface area contributed by atoms with Crippen LogP contribution in [0.15, 0.2) is 72.8 Å². The summed E-state index contributed by atoms with van der Waals surface area (Å²) in [7, 11) is 4.74. The number of alkyl halides is 3. The summed E-state index contributed by atoms with van der Waals surface area (Å²) in [6, 6.07) is 22.1. The Kier molecular flexibility index (Phi) is 11.5. The maximum Gasteiger partial charge on any atom is 0.412 e. The molecular formula is C27H30Cl3NO5. The van der Waals surface area contributed by atoms with Crippen LogP contribution in [0, 0.1) is 0 Å². The fraction of sp³-hybridized carbons (Fsp3) is 0.296. The second-order valence-corrected chi connectivity index (χ2v) is 10.1. The number of benzene rings is 3. The maximum absolute atomic E-state index is 11.0. The van der Waals surface area contributed by atoms with E-state index in [-0.39, 0.29) is 12.0 Å². The molecule has 6 nitrogen and oxygen atoms in total. The normalized spacial score (nSPS) is 10.8. The maximum atomic E-state index is 11.0. The number of halogens is 3. The highest BCUT2D eigenvalue weighted by atomic mass is 35.6. The summed E-state index contributed by atoms with van der Waals surface area (Å²) in [5.74, 6) is 2.13. The van der Waals surface area contributed by atoms with Crippen LogP contribution in [-0.2, 0) is 0 Å². The first-order valence-corrected chi connectivity index (χ1v) is 12.2. The lowest BCUT2D eigenvalue weighted by Gasteiger charge is -2.25. The van der Waals surface area contributed by atoms with Gasteiger partial charge in [-0.3, -0.25) is 0 Å². The molecule has 0 aromatic heterocycles. The van der Waals surface area contributed by atoms with Crippen LogP contribution in [0.5, 0.6) is 23.0 Å². The van der Waals surface area contributed by atoms with E-state index < -0.39 is 9.89 Å². The zero-order valence-corrected chi connectivity index (χ0v) is 23.0. The molecule has 3 aromatic rings. The number of para-hydroxylation sites is 2. The molecular weight excluding hydrogens is 525 g/mol. The molecule has 0 fully saturated rings. The molecule has 194 valence electrons. The van der Waals surface area contributed by atoms with Crippen LogP contribution in [-0.4, -0.2) is 37.3 Å². The fourth-order valence-corrected chi connectivity index (χ4v) is 3.96. The highest BCUT2D eigenvalue weighted by Crippen LogP contribution is 2.46. The Morgan fingerprint density at radius 2 is 1.22 bits per heavy atom. The van der Waals surface area contributed by atoms with E-state index in [4.69, 9.17) is 53.8 Å². The first kappa shape index (κ1) is 29.4. The molecule has 1 N–H and O–H groups in total. The van der Waals surface area contributed by atoms with Crippen molar-refractivity contribution in [2.24, 2.45) is 0 Å². The van der Waals surface area contributed by atoms with Gasteiger partial charge in [0.15, 0.2) is 11.5 Å².